The Balaban J connectivity index is 1.50. The summed E-state index contributed by atoms with van der Waals surface area (Å²) >= 11 is 1.33. The fourth-order valence-electron chi connectivity index (χ4n) is 3.02. The highest BCUT2D eigenvalue weighted by atomic mass is 32.2. The molecule has 2 fully saturated rings. The maximum atomic E-state index is 12.6. The van der Waals surface area contributed by atoms with Crippen molar-refractivity contribution in [1.29, 1.82) is 0 Å². The van der Waals surface area contributed by atoms with Gasteiger partial charge in [0.25, 0.3) is 0 Å². The lowest BCUT2D eigenvalue weighted by Crippen LogP contribution is -2.49. The summed E-state index contributed by atoms with van der Waals surface area (Å²) in [5.74, 6) is 0.434. The molecule has 1 aromatic rings. The monoisotopic (exact) mass is 350 g/mol. The molecule has 3 heterocycles. The first-order valence-electron chi connectivity index (χ1n) is 8.28. The van der Waals surface area contributed by atoms with E-state index in [9.17, 15) is 9.59 Å². The van der Waals surface area contributed by atoms with E-state index in [1.54, 1.807) is 18.5 Å². The van der Waals surface area contributed by atoms with Gasteiger partial charge in [-0.1, -0.05) is 11.8 Å². The maximum Gasteiger partial charge on any atom is 0.233 e. The van der Waals surface area contributed by atoms with E-state index >= 15 is 0 Å². The molecule has 24 heavy (non-hydrogen) atoms. The molecule has 0 bridgehead atoms. The lowest BCUT2D eigenvalue weighted by molar-refractivity contribution is -0.143. The number of rotatable bonds is 4. The van der Waals surface area contributed by atoms with Crippen LogP contribution in [0.4, 0.5) is 0 Å². The van der Waals surface area contributed by atoms with Crippen LogP contribution in [-0.2, 0) is 14.3 Å². The Morgan fingerprint density at radius 1 is 1.17 bits per heavy atom. The Morgan fingerprint density at radius 3 is 2.67 bits per heavy atom. The van der Waals surface area contributed by atoms with Gasteiger partial charge in [-0.25, -0.2) is 9.97 Å². The van der Waals surface area contributed by atoms with Crippen LogP contribution < -0.4 is 0 Å². The van der Waals surface area contributed by atoms with E-state index in [2.05, 4.69) is 9.97 Å². The summed E-state index contributed by atoms with van der Waals surface area (Å²) in [5, 5.41) is 0.601. The Morgan fingerprint density at radius 2 is 1.92 bits per heavy atom. The van der Waals surface area contributed by atoms with Gasteiger partial charge in [0.05, 0.1) is 24.9 Å². The number of thioether (sulfide) groups is 1. The molecule has 8 heteroatoms. The molecular formula is C16H22N4O3S. The van der Waals surface area contributed by atoms with Crippen molar-refractivity contribution in [2.45, 2.75) is 18.0 Å². The Labute approximate surface area is 145 Å². The summed E-state index contributed by atoms with van der Waals surface area (Å²) in [7, 11) is 0. The third kappa shape index (κ3) is 4.45. The van der Waals surface area contributed by atoms with E-state index < -0.39 is 0 Å². The lowest BCUT2D eigenvalue weighted by atomic mass is 9.96. The van der Waals surface area contributed by atoms with Crippen LogP contribution >= 0.6 is 11.8 Å². The van der Waals surface area contributed by atoms with Gasteiger partial charge in [0.2, 0.25) is 11.8 Å². The van der Waals surface area contributed by atoms with Gasteiger partial charge >= 0.3 is 0 Å². The second-order valence-corrected chi connectivity index (χ2v) is 6.88. The fraction of sp³-hybridized carbons (Fsp3) is 0.625. The summed E-state index contributed by atoms with van der Waals surface area (Å²) in [5.41, 5.74) is 0. The molecule has 0 unspecified atom stereocenters. The molecule has 0 spiro atoms. The van der Waals surface area contributed by atoms with Gasteiger partial charge in [0, 0.05) is 38.6 Å². The number of ether oxygens (including phenoxy) is 1. The zero-order chi connectivity index (χ0) is 16.8. The van der Waals surface area contributed by atoms with Crippen molar-refractivity contribution < 1.29 is 14.3 Å². The average Bonchev–Trinajstić information content (AvgIpc) is 2.67. The third-order valence-electron chi connectivity index (χ3n) is 4.31. The molecule has 0 radical (unpaired) electrons. The van der Waals surface area contributed by atoms with Gasteiger partial charge in [-0.15, -0.1) is 0 Å². The van der Waals surface area contributed by atoms with Crippen molar-refractivity contribution in [2.24, 2.45) is 5.92 Å². The SMILES string of the molecule is O=C(CSc1ncccn1)N1CCC[C@H](C(=O)N2CCOCC2)C1. The highest BCUT2D eigenvalue weighted by Gasteiger charge is 2.31. The summed E-state index contributed by atoms with van der Waals surface area (Å²) in [6.45, 7) is 3.77. The number of piperidine rings is 1. The number of amides is 2. The van der Waals surface area contributed by atoms with Crippen LogP contribution in [0.3, 0.4) is 0 Å². The van der Waals surface area contributed by atoms with Gasteiger partial charge in [-0.2, -0.15) is 0 Å². The van der Waals surface area contributed by atoms with Crippen molar-refractivity contribution >= 4 is 23.6 Å². The molecule has 1 aromatic heterocycles. The Bertz CT molecular complexity index is 566. The summed E-state index contributed by atoms with van der Waals surface area (Å²) in [4.78, 5) is 36.9. The predicted molar refractivity (Wildman–Crippen MR) is 89.5 cm³/mol. The molecule has 0 N–H and O–H groups in total. The van der Waals surface area contributed by atoms with E-state index in [0.29, 0.717) is 43.8 Å². The van der Waals surface area contributed by atoms with Crippen molar-refractivity contribution in [3.05, 3.63) is 18.5 Å². The molecule has 0 aliphatic carbocycles. The average molecular weight is 350 g/mol. The zero-order valence-corrected chi connectivity index (χ0v) is 14.4. The molecule has 3 rings (SSSR count). The van der Waals surface area contributed by atoms with Crippen molar-refractivity contribution in [3.8, 4) is 0 Å². The van der Waals surface area contributed by atoms with Crippen LogP contribution in [-0.4, -0.2) is 76.7 Å². The number of likely N-dealkylation sites (tertiary alicyclic amines) is 1. The van der Waals surface area contributed by atoms with Crippen LogP contribution in [0.15, 0.2) is 23.6 Å². The molecule has 2 saturated heterocycles. The number of hydrogen-bond acceptors (Lipinski definition) is 6. The summed E-state index contributed by atoms with van der Waals surface area (Å²) < 4.78 is 5.30. The largest absolute Gasteiger partial charge is 0.378 e. The van der Waals surface area contributed by atoms with Crippen LogP contribution in [0.5, 0.6) is 0 Å². The van der Waals surface area contributed by atoms with E-state index in [1.165, 1.54) is 11.8 Å². The maximum absolute atomic E-state index is 12.6. The first-order chi connectivity index (χ1) is 11.7. The molecule has 2 amide bonds. The summed E-state index contributed by atoms with van der Waals surface area (Å²) in [6, 6.07) is 1.75. The molecule has 2 aliphatic rings. The minimum Gasteiger partial charge on any atom is -0.378 e. The molecule has 2 aliphatic heterocycles. The highest BCUT2D eigenvalue weighted by Crippen LogP contribution is 2.21. The van der Waals surface area contributed by atoms with Gasteiger partial charge in [0.15, 0.2) is 5.16 Å². The van der Waals surface area contributed by atoms with Gasteiger partial charge in [-0.05, 0) is 18.9 Å². The molecule has 0 aromatic carbocycles. The topological polar surface area (TPSA) is 75.6 Å². The van der Waals surface area contributed by atoms with Gasteiger partial charge in [0.1, 0.15) is 0 Å². The first-order valence-corrected chi connectivity index (χ1v) is 9.27. The Hall–Kier alpha value is -1.67. The second kappa shape index (κ2) is 8.43. The molecule has 1 atom stereocenters. The highest BCUT2D eigenvalue weighted by molar-refractivity contribution is 7.99. The molecule has 130 valence electrons. The predicted octanol–water partition coefficient (Wildman–Crippen LogP) is 0.666. The van der Waals surface area contributed by atoms with Gasteiger partial charge < -0.3 is 14.5 Å². The summed E-state index contributed by atoms with van der Waals surface area (Å²) in [6.07, 6.45) is 5.06. The third-order valence-corrected chi connectivity index (χ3v) is 5.17. The molecular weight excluding hydrogens is 328 g/mol. The number of carbonyl (C=O) groups is 2. The van der Waals surface area contributed by atoms with Crippen LogP contribution in [0.2, 0.25) is 0 Å². The fourth-order valence-corrected chi connectivity index (χ4v) is 3.73. The number of carbonyl (C=O) groups excluding carboxylic acids is 2. The number of aromatic nitrogens is 2. The smallest absolute Gasteiger partial charge is 0.233 e. The van der Waals surface area contributed by atoms with Crippen molar-refractivity contribution in [2.75, 3.05) is 45.1 Å². The molecule has 0 saturated carbocycles. The quantitative estimate of drug-likeness (QED) is 0.587. The minimum atomic E-state index is -0.0845. The van der Waals surface area contributed by atoms with E-state index in [0.717, 1.165) is 19.4 Å². The number of nitrogens with zero attached hydrogens (tertiary/aromatic N) is 4. The first kappa shape index (κ1) is 17.2. The van der Waals surface area contributed by atoms with Crippen LogP contribution in [0, 0.1) is 5.92 Å². The lowest BCUT2D eigenvalue weighted by Gasteiger charge is -2.36. The normalized spacial score (nSPS) is 21.6. The van der Waals surface area contributed by atoms with Crippen LogP contribution in [0.25, 0.3) is 0 Å². The van der Waals surface area contributed by atoms with E-state index in [4.69, 9.17) is 4.74 Å². The zero-order valence-electron chi connectivity index (χ0n) is 13.6. The number of morpholine rings is 1. The standard InChI is InChI=1S/C16H22N4O3S/c21-14(12-24-16-17-4-2-5-18-16)20-6-1-3-13(11-20)15(22)19-7-9-23-10-8-19/h2,4-5,13H,1,3,6-12H2/t13-/m0/s1. The second-order valence-electron chi connectivity index (χ2n) is 5.94. The minimum absolute atomic E-state index is 0.0481. The van der Waals surface area contributed by atoms with Crippen molar-refractivity contribution in [3.63, 3.8) is 0 Å². The van der Waals surface area contributed by atoms with E-state index in [-0.39, 0.29) is 17.7 Å². The molecule has 7 nitrogen and oxygen atoms in total. The Kier molecular flexibility index (Phi) is 6.03. The van der Waals surface area contributed by atoms with Crippen LogP contribution in [0.1, 0.15) is 12.8 Å². The van der Waals surface area contributed by atoms with E-state index in [1.807, 2.05) is 9.80 Å². The van der Waals surface area contributed by atoms with Gasteiger partial charge in [-0.3, -0.25) is 9.59 Å². The van der Waals surface area contributed by atoms with Crippen molar-refractivity contribution in [1.82, 2.24) is 19.8 Å². The number of hydrogen-bond donors (Lipinski definition) is 0.